The molecule has 0 bridgehead atoms. The molecule has 3 N–H and O–H groups in total. The molecular weight excluding hydrogens is 592 g/mol. The van der Waals surface area contributed by atoms with Crippen molar-refractivity contribution in [1.29, 1.82) is 0 Å². The minimum absolute atomic E-state index is 0. The SMILES string of the molecule is CC(=O)N[C@H]([C-]=O)C(C)(C)SCI.[CH2-][C@H](O)C[CH-]C(=O)NCc1ccc(-c2scnc2C)cc1.[Li+]. The molecule has 2 atom stereocenters. The van der Waals surface area contributed by atoms with Crippen molar-refractivity contribution in [3.63, 3.8) is 0 Å². The molecule has 0 unspecified atom stereocenters. The molecule has 2 amide bonds. The van der Waals surface area contributed by atoms with Gasteiger partial charge in [-0.2, -0.15) is 6.42 Å². The first kappa shape index (κ1) is 34.0. The second-order valence-electron chi connectivity index (χ2n) is 7.88. The van der Waals surface area contributed by atoms with Gasteiger partial charge in [-0.15, -0.1) is 23.1 Å². The summed E-state index contributed by atoms with van der Waals surface area (Å²) < 4.78 is 0.580. The van der Waals surface area contributed by atoms with Gasteiger partial charge in [0.2, 0.25) is 5.91 Å². The van der Waals surface area contributed by atoms with Crippen molar-refractivity contribution in [3.05, 3.63) is 54.4 Å². The number of amides is 2. The molecule has 188 valence electrons. The zero-order valence-electron chi connectivity index (χ0n) is 20.8. The third-order valence-electron chi connectivity index (χ3n) is 4.59. The Hall–Kier alpha value is -1.03. The molecule has 0 spiro atoms. The van der Waals surface area contributed by atoms with E-state index in [-0.39, 0.29) is 41.8 Å². The van der Waals surface area contributed by atoms with Crippen LogP contribution in [0.5, 0.6) is 0 Å². The molecule has 1 aromatic heterocycles. The van der Waals surface area contributed by atoms with E-state index >= 15 is 0 Å². The number of hydrogen-bond acceptors (Lipinski definition) is 7. The summed E-state index contributed by atoms with van der Waals surface area (Å²) in [6.45, 7) is 11.1. The van der Waals surface area contributed by atoms with E-state index in [0.29, 0.717) is 6.54 Å². The fraction of sp³-hybridized carbons (Fsp3) is 0.417. The number of aliphatic hydroxyl groups excluding tert-OH is 1. The molecule has 2 rings (SSSR count). The van der Waals surface area contributed by atoms with Gasteiger partial charge in [0, 0.05) is 22.0 Å². The Morgan fingerprint density at radius 2 is 1.97 bits per heavy atom. The number of alkyl halides is 1. The molecule has 0 aliphatic heterocycles. The second kappa shape index (κ2) is 17.4. The largest absolute Gasteiger partial charge is 1.00 e. The first-order chi connectivity index (χ1) is 16.0. The summed E-state index contributed by atoms with van der Waals surface area (Å²) in [4.78, 5) is 38.3. The molecule has 0 aliphatic carbocycles. The van der Waals surface area contributed by atoms with Crippen LogP contribution in [0.3, 0.4) is 0 Å². The maximum atomic E-state index is 11.5. The van der Waals surface area contributed by atoms with Crippen LogP contribution in [0, 0.1) is 20.3 Å². The van der Waals surface area contributed by atoms with Crippen LogP contribution in [0.4, 0.5) is 0 Å². The van der Waals surface area contributed by atoms with Gasteiger partial charge < -0.3 is 38.7 Å². The van der Waals surface area contributed by atoms with E-state index in [9.17, 15) is 14.4 Å². The predicted molar refractivity (Wildman–Crippen MR) is 148 cm³/mol. The average molecular weight is 624 g/mol. The van der Waals surface area contributed by atoms with E-state index in [1.165, 1.54) is 18.2 Å². The molecule has 35 heavy (non-hydrogen) atoms. The topological polar surface area (TPSA) is 108 Å². The van der Waals surface area contributed by atoms with E-state index < -0.39 is 12.1 Å². The third-order valence-corrected chi connectivity index (χ3v) is 7.59. The average Bonchev–Trinajstić information content (AvgIpc) is 3.21. The summed E-state index contributed by atoms with van der Waals surface area (Å²) in [6, 6.07) is 7.51. The Morgan fingerprint density at radius 3 is 2.43 bits per heavy atom. The number of rotatable bonds is 11. The van der Waals surface area contributed by atoms with Crippen molar-refractivity contribution in [2.45, 2.75) is 57.6 Å². The molecule has 1 heterocycles. The zero-order chi connectivity index (χ0) is 25.7. The number of halogens is 1. The van der Waals surface area contributed by atoms with E-state index in [0.717, 1.165) is 20.6 Å². The summed E-state index contributed by atoms with van der Waals surface area (Å²) in [7, 11) is 0. The van der Waals surface area contributed by atoms with Crippen LogP contribution in [-0.2, 0) is 20.9 Å². The number of hydrogen-bond donors (Lipinski definition) is 3. The van der Waals surface area contributed by atoms with Crippen LogP contribution in [0.1, 0.15) is 38.4 Å². The zero-order valence-corrected chi connectivity index (χ0v) is 24.6. The van der Waals surface area contributed by atoms with E-state index in [2.05, 4.69) is 45.1 Å². The van der Waals surface area contributed by atoms with Crippen molar-refractivity contribution in [3.8, 4) is 10.4 Å². The number of aliphatic hydroxyl groups is 1. The van der Waals surface area contributed by atoms with Crippen LogP contribution in [0.25, 0.3) is 10.4 Å². The van der Waals surface area contributed by atoms with Gasteiger partial charge in [-0.1, -0.05) is 72.8 Å². The summed E-state index contributed by atoms with van der Waals surface area (Å²) in [6.07, 6.45) is 2.78. The van der Waals surface area contributed by atoms with Gasteiger partial charge in [0.25, 0.3) is 0 Å². The van der Waals surface area contributed by atoms with Gasteiger partial charge in [-0.25, -0.2) is 11.3 Å². The summed E-state index contributed by atoms with van der Waals surface area (Å²) >= 11 is 5.45. The predicted octanol–water partition coefficient (Wildman–Crippen LogP) is 1.03. The molecule has 11 heteroatoms. The third kappa shape index (κ3) is 13.2. The van der Waals surface area contributed by atoms with E-state index in [1.54, 1.807) is 23.1 Å². The molecule has 1 aromatic carbocycles. The molecule has 0 saturated carbocycles. The number of carbonyl (C=O) groups is 2. The Bertz CT molecular complexity index is 924. The fourth-order valence-electron chi connectivity index (χ4n) is 2.63. The van der Waals surface area contributed by atoms with Crippen molar-refractivity contribution in [1.82, 2.24) is 15.6 Å². The monoisotopic (exact) mass is 623 g/mol. The molecule has 7 nitrogen and oxygen atoms in total. The number of benzene rings is 1. The van der Waals surface area contributed by atoms with Gasteiger partial charge in [0.05, 0.1) is 22.0 Å². The fourth-order valence-corrected chi connectivity index (χ4v) is 6.40. The van der Waals surface area contributed by atoms with Crippen LogP contribution in [0.15, 0.2) is 29.8 Å². The minimum atomic E-state index is -0.738. The number of carbonyl (C=O) groups excluding carboxylic acids is 3. The smallest absolute Gasteiger partial charge is 0.540 e. The van der Waals surface area contributed by atoms with Crippen LogP contribution in [0.2, 0.25) is 0 Å². The van der Waals surface area contributed by atoms with Gasteiger partial charge in [0.1, 0.15) is 0 Å². The second-order valence-corrected chi connectivity index (χ2v) is 12.2. The molecule has 0 fully saturated rings. The number of nitrogens with zero attached hydrogens (tertiary/aromatic N) is 1. The van der Waals surface area contributed by atoms with Gasteiger partial charge in [-0.3, -0.25) is 4.79 Å². The molecule has 2 aromatic rings. The standard InChI is InChI=1S/C16H18N2O2S.C8H13INO2S.Li/c1-11(19)3-8-15(20)17-9-13-4-6-14(7-5-13)16-12(2)18-10-21-16;1-6(12)10-7(4-11)8(2,3)13-5-9;/h4-8,10-11,19H,1,3,9H2,2H3,(H,17,20);7H,5H2,1-3H3,(H,10,12);/q-2;-1;+1/t11-;7-;/m01./s1. The number of thioether (sulfide) groups is 1. The Balaban J connectivity index is 0.000000720. The number of nitrogens with one attached hydrogen (secondary N) is 2. The molecule has 0 aliphatic rings. The Kier molecular flexibility index (Phi) is 16.9. The first-order valence-corrected chi connectivity index (χ1v) is 13.9. The maximum absolute atomic E-state index is 11.5. The molecule has 0 radical (unpaired) electrons. The van der Waals surface area contributed by atoms with E-state index in [4.69, 9.17) is 5.11 Å². The minimum Gasteiger partial charge on any atom is -0.540 e. The normalized spacial score (nSPS) is 12.2. The quantitative estimate of drug-likeness (QED) is 0.150. The van der Waals surface area contributed by atoms with Crippen LogP contribution in [-0.4, -0.2) is 48.8 Å². The summed E-state index contributed by atoms with van der Waals surface area (Å²) in [5.41, 5.74) is 5.03. The van der Waals surface area contributed by atoms with Gasteiger partial charge >= 0.3 is 18.9 Å². The van der Waals surface area contributed by atoms with Crippen molar-refractivity contribution < 1.29 is 38.4 Å². The van der Waals surface area contributed by atoms with Crippen molar-refractivity contribution in [2.24, 2.45) is 0 Å². The van der Waals surface area contributed by atoms with Gasteiger partial charge in [-0.05, 0) is 18.1 Å². The number of aromatic nitrogens is 1. The van der Waals surface area contributed by atoms with E-state index in [1.807, 2.05) is 56.8 Å². The Morgan fingerprint density at radius 1 is 1.34 bits per heavy atom. The van der Waals surface area contributed by atoms with Crippen molar-refractivity contribution >= 4 is 63.8 Å². The molecular formula is C24H31ILiN3O4S2-2. The van der Waals surface area contributed by atoms with Crippen LogP contribution >= 0.6 is 45.7 Å². The number of thiazole rings is 1. The maximum Gasteiger partial charge on any atom is 1.00 e. The summed E-state index contributed by atoms with van der Waals surface area (Å²) in [5.74, 6) is -0.393. The first-order valence-electron chi connectivity index (χ1n) is 10.5. The Labute approximate surface area is 242 Å². The number of aryl methyl sites for hydroxylation is 1. The summed E-state index contributed by atoms with van der Waals surface area (Å²) in [5, 5.41) is 14.3. The van der Waals surface area contributed by atoms with Crippen molar-refractivity contribution in [2.75, 3.05) is 3.76 Å². The molecule has 0 saturated heterocycles. The van der Waals surface area contributed by atoms with Gasteiger partial charge in [0.15, 0.2) is 0 Å². The van der Waals surface area contributed by atoms with Crippen LogP contribution < -0.4 is 29.5 Å².